The molecule has 0 amide bonds. The molecule has 0 saturated heterocycles. The Kier molecular flexibility index (Phi) is 3.89. The molecule has 3 rings (SSSR count). The summed E-state index contributed by atoms with van der Waals surface area (Å²) in [6.45, 7) is 0. The molecule has 22 heavy (non-hydrogen) atoms. The molecular weight excluding hydrogens is 296 g/mol. The minimum absolute atomic E-state index is 0.190. The third-order valence-electron chi connectivity index (χ3n) is 3.13. The SMILES string of the molecule is O=S(=O)(N=c1ccn(-c2ccccc2)cc1)c1ccccc1. The number of benzene rings is 2. The van der Waals surface area contributed by atoms with E-state index in [4.69, 9.17) is 0 Å². The van der Waals surface area contributed by atoms with Crippen LogP contribution in [0.1, 0.15) is 0 Å². The van der Waals surface area contributed by atoms with Gasteiger partial charge in [0.2, 0.25) is 0 Å². The molecule has 3 aromatic rings. The van der Waals surface area contributed by atoms with Crippen LogP contribution in [0.3, 0.4) is 0 Å². The summed E-state index contributed by atoms with van der Waals surface area (Å²) in [4.78, 5) is 0.190. The Bertz CT molecular complexity index is 911. The van der Waals surface area contributed by atoms with E-state index in [-0.39, 0.29) is 4.90 Å². The number of para-hydroxylation sites is 1. The molecule has 0 atom stereocenters. The molecule has 4 nitrogen and oxygen atoms in total. The zero-order valence-electron chi connectivity index (χ0n) is 11.7. The van der Waals surface area contributed by atoms with Gasteiger partial charge in [-0.2, -0.15) is 12.8 Å². The van der Waals surface area contributed by atoms with Crippen molar-refractivity contribution in [2.75, 3.05) is 0 Å². The van der Waals surface area contributed by atoms with Crippen LogP contribution in [-0.2, 0) is 10.0 Å². The molecule has 0 aliphatic heterocycles. The highest BCUT2D eigenvalue weighted by Gasteiger charge is 2.10. The molecule has 0 unspecified atom stereocenters. The Balaban J connectivity index is 1.96. The third-order valence-corrected chi connectivity index (χ3v) is 4.45. The minimum Gasteiger partial charge on any atom is -0.324 e. The average Bonchev–Trinajstić information content (AvgIpc) is 2.57. The van der Waals surface area contributed by atoms with E-state index in [1.807, 2.05) is 34.9 Å². The van der Waals surface area contributed by atoms with Gasteiger partial charge in [-0.3, -0.25) is 0 Å². The molecule has 0 radical (unpaired) electrons. The first-order chi connectivity index (χ1) is 10.6. The number of pyridine rings is 1. The van der Waals surface area contributed by atoms with E-state index in [1.54, 1.807) is 42.7 Å². The Morgan fingerprint density at radius 3 is 1.86 bits per heavy atom. The third kappa shape index (κ3) is 3.15. The van der Waals surface area contributed by atoms with Crippen molar-refractivity contribution in [1.82, 2.24) is 4.57 Å². The summed E-state index contributed by atoms with van der Waals surface area (Å²) in [6, 6.07) is 21.3. The molecule has 0 aliphatic rings. The minimum atomic E-state index is -3.68. The Hall–Kier alpha value is -2.66. The summed E-state index contributed by atoms with van der Waals surface area (Å²) < 4.78 is 30.1. The summed E-state index contributed by atoms with van der Waals surface area (Å²) in [5.74, 6) is 0. The van der Waals surface area contributed by atoms with E-state index in [2.05, 4.69) is 4.40 Å². The van der Waals surface area contributed by atoms with Gasteiger partial charge in [0.25, 0.3) is 10.0 Å². The number of aromatic nitrogens is 1. The second-order valence-electron chi connectivity index (χ2n) is 4.68. The van der Waals surface area contributed by atoms with Crippen molar-refractivity contribution >= 4 is 10.0 Å². The quantitative estimate of drug-likeness (QED) is 0.747. The Morgan fingerprint density at radius 2 is 1.27 bits per heavy atom. The maximum atomic E-state index is 12.2. The van der Waals surface area contributed by atoms with E-state index in [1.165, 1.54) is 12.1 Å². The highest BCUT2D eigenvalue weighted by atomic mass is 32.2. The topological polar surface area (TPSA) is 51.4 Å². The fourth-order valence-electron chi connectivity index (χ4n) is 2.04. The smallest absolute Gasteiger partial charge is 0.282 e. The lowest BCUT2D eigenvalue weighted by atomic mass is 10.3. The maximum absolute atomic E-state index is 12.2. The van der Waals surface area contributed by atoms with Gasteiger partial charge in [-0.05, 0) is 36.4 Å². The first-order valence-corrected chi connectivity index (χ1v) is 8.19. The summed E-state index contributed by atoms with van der Waals surface area (Å²) in [5.41, 5.74) is 1.000. The molecule has 0 saturated carbocycles. The lowest BCUT2D eigenvalue weighted by molar-refractivity contribution is 0.597. The van der Waals surface area contributed by atoms with Crippen molar-refractivity contribution < 1.29 is 8.42 Å². The van der Waals surface area contributed by atoms with Crippen molar-refractivity contribution in [2.24, 2.45) is 4.40 Å². The highest BCUT2D eigenvalue weighted by Crippen LogP contribution is 2.10. The number of nitrogens with zero attached hydrogens (tertiary/aromatic N) is 2. The second-order valence-corrected chi connectivity index (χ2v) is 6.28. The summed E-state index contributed by atoms with van der Waals surface area (Å²) in [7, 11) is -3.68. The van der Waals surface area contributed by atoms with Gasteiger partial charge >= 0.3 is 0 Å². The van der Waals surface area contributed by atoms with Gasteiger partial charge in [0.1, 0.15) is 0 Å². The molecule has 0 bridgehead atoms. The van der Waals surface area contributed by atoms with Gasteiger partial charge < -0.3 is 4.57 Å². The normalized spacial score (nSPS) is 11.1. The summed E-state index contributed by atoms with van der Waals surface area (Å²) in [5, 5.41) is 0.399. The van der Waals surface area contributed by atoms with E-state index in [0.717, 1.165) is 5.69 Å². The first kappa shape index (κ1) is 14.3. The lowest BCUT2D eigenvalue weighted by Gasteiger charge is -2.05. The van der Waals surface area contributed by atoms with Crippen LogP contribution >= 0.6 is 0 Å². The predicted molar refractivity (Wildman–Crippen MR) is 85.0 cm³/mol. The summed E-state index contributed by atoms with van der Waals surface area (Å²) in [6.07, 6.45) is 3.57. The Labute approximate surface area is 129 Å². The first-order valence-electron chi connectivity index (χ1n) is 6.75. The largest absolute Gasteiger partial charge is 0.324 e. The van der Waals surface area contributed by atoms with E-state index in [9.17, 15) is 8.42 Å². The zero-order chi connectivity index (χ0) is 15.4. The van der Waals surface area contributed by atoms with Gasteiger partial charge in [0.05, 0.1) is 10.3 Å². The molecule has 0 aliphatic carbocycles. The predicted octanol–water partition coefficient (Wildman–Crippen LogP) is 2.77. The average molecular weight is 310 g/mol. The van der Waals surface area contributed by atoms with Gasteiger partial charge in [-0.1, -0.05) is 36.4 Å². The molecule has 2 aromatic carbocycles. The fraction of sp³-hybridized carbons (Fsp3) is 0. The van der Waals surface area contributed by atoms with Gasteiger partial charge in [0, 0.05) is 18.1 Å². The second kappa shape index (κ2) is 5.99. The zero-order valence-corrected chi connectivity index (χ0v) is 12.5. The van der Waals surface area contributed by atoms with Crippen LogP contribution in [0.25, 0.3) is 5.69 Å². The van der Waals surface area contributed by atoms with E-state index < -0.39 is 10.0 Å². The molecule has 0 fully saturated rings. The number of sulfonamides is 1. The van der Waals surface area contributed by atoms with Crippen LogP contribution in [0.15, 0.2) is 94.5 Å². The number of hydrogen-bond acceptors (Lipinski definition) is 2. The molecule has 0 N–H and O–H groups in total. The van der Waals surface area contributed by atoms with Crippen molar-refractivity contribution in [3.8, 4) is 5.69 Å². The molecule has 1 heterocycles. The van der Waals surface area contributed by atoms with Crippen molar-refractivity contribution in [3.05, 3.63) is 90.5 Å². The van der Waals surface area contributed by atoms with Crippen LogP contribution in [-0.4, -0.2) is 13.0 Å². The lowest BCUT2D eigenvalue weighted by Crippen LogP contribution is -2.08. The summed E-state index contributed by atoms with van der Waals surface area (Å²) >= 11 is 0. The standard InChI is InChI=1S/C17H14N2O2S/c20-22(21,17-9-5-2-6-10-17)18-15-11-13-19(14-12-15)16-7-3-1-4-8-16/h1-14H. The van der Waals surface area contributed by atoms with Crippen molar-refractivity contribution in [2.45, 2.75) is 4.90 Å². The number of rotatable bonds is 3. The van der Waals surface area contributed by atoms with Crippen LogP contribution in [0.5, 0.6) is 0 Å². The van der Waals surface area contributed by atoms with Crippen LogP contribution in [0, 0.1) is 0 Å². The van der Waals surface area contributed by atoms with Crippen LogP contribution < -0.4 is 5.36 Å². The van der Waals surface area contributed by atoms with Gasteiger partial charge in [-0.15, -0.1) is 0 Å². The Morgan fingerprint density at radius 1 is 0.727 bits per heavy atom. The van der Waals surface area contributed by atoms with Crippen LogP contribution in [0.4, 0.5) is 0 Å². The monoisotopic (exact) mass is 310 g/mol. The molecule has 110 valence electrons. The molecule has 5 heteroatoms. The van der Waals surface area contributed by atoms with Gasteiger partial charge in [0.15, 0.2) is 0 Å². The molecule has 1 aromatic heterocycles. The molecular formula is C17H14N2O2S. The number of hydrogen-bond donors (Lipinski definition) is 0. The fourth-order valence-corrected chi connectivity index (χ4v) is 3.04. The van der Waals surface area contributed by atoms with Crippen molar-refractivity contribution in [1.29, 1.82) is 0 Å². The van der Waals surface area contributed by atoms with Crippen molar-refractivity contribution in [3.63, 3.8) is 0 Å². The van der Waals surface area contributed by atoms with E-state index in [0.29, 0.717) is 5.36 Å². The van der Waals surface area contributed by atoms with Crippen LogP contribution in [0.2, 0.25) is 0 Å². The highest BCUT2D eigenvalue weighted by molar-refractivity contribution is 7.90. The maximum Gasteiger partial charge on any atom is 0.282 e. The van der Waals surface area contributed by atoms with Gasteiger partial charge in [-0.25, -0.2) is 0 Å². The molecule has 0 spiro atoms. The van der Waals surface area contributed by atoms with E-state index >= 15 is 0 Å².